The Kier molecular flexibility index (Phi) is 5.77. The number of hydrogen-bond acceptors (Lipinski definition) is 2. The molecule has 3 heteroatoms. The van der Waals surface area contributed by atoms with Gasteiger partial charge in [0.25, 0.3) is 0 Å². The van der Waals surface area contributed by atoms with Gasteiger partial charge in [-0.1, -0.05) is 25.7 Å². The average Bonchev–Trinajstić information content (AvgIpc) is 2.19. The summed E-state index contributed by atoms with van der Waals surface area (Å²) in [5.74, 6) is 0. The number of hydrogen-bond donors (Lipinski definition) is 1. The predicted molar refractivity (Wildman–Crippen MR) is 67.5 cm³/mol. The topological polar surface area (TPSA) is 15.3 Å². The molecule has 0 aliphatic carbocycles. The van der Waals surface area contributed by atoms with E-state index in [4.69, 9.17) is 12.2 Å². The summed E-state index contributed by atoms with van der Waals surface area (Å²) in [5, 5.41) is 3.19. The van der Waals surface area contributed by atoms with Crippen LogP contribution in [0.3, 0.4) is 0 Å². The molecular weight excluding hydrogens is 192 g/mol. The predicted octanol–water partition coefficient (Wildman–Crippen LogP) is 2.56. The fraction of sp³-hybridized carbons (Fsp3) is 0.727. The van der Waals surface area contributed by atoms with E-state index in [0.717, 1.165) is 13.0 Å². The third-order valence-electron chi connectivity index (χ3n) is 3.18. The van der Waals surface area contributed by atoms with Crippen molar-refractivity contribution in [2.75, 3.05) is 6.54 Å². The molecule has 0 aromatic heterocycles. The molecule has 2 nitrogen and oxygen atoms in total. The lowest BCUT2D eigenvalue weighted by molar-refractivity contribution is 0.131. The van der Waals surface area contributed by atoms with Gasteiger partial charge in [0.15, 0.2) is 0 Å². The third kappa shape index (κ3) is 2.71. The highest BCUT2D eigenvalue weighted by atomic mass is 32.1. The fourth-order valence-electron chi connectivity index (χ4n) is 1.74. The number of nitrogens with zero attached hydrogens (tertiary/aromatic N) is 1. The van der Waals surface area contributed by atoms with Crippen molar-refractivity contribution in [2.45, 2.75) is 45.7 Å². The molecule has 0 aromatic rings. The molecule has 82 valence electrons. The van der Waals surface area contributed by atoms with E-state index >= 15 is 0 Å². The monoisotopic (exact) mass is 214 g/mol. The van der Waals surface area contributed by atoms with E-state index in [1.165, 1.54) is 0 Å². The highest BCUT2D eigenvalue weighted by Crippen LogP contribution is 2.23. The van der Waals surface area contributed by atoms with Gasteiger partial charge in [-0.25, -0.2) is 0 Å². The van der Waals surface area contributed by atoms with E-state index in [-0.39, 0.29) is 5.54 Å². The van der Waals surface area contributed by atoms with E-state index < -0.39 is 0 Å². The zero-order valence-corrected chi connectivity index (χ0v) is 10.5. The van der Waals surface area contributed by atoms with Gasteiger partial charge in [-0.05, 0) is 33.4 Å². The molecule has 0 aliphatic rings. The molecule has 2 atom stereocenters. The van der Waals surface area contributed by atoms with Crippen LogP contribution in [0.1, 0.15) is 34.1 Å². The largest absolute Gasteiger partial charge is 0.377 e. The maximum atomic E-state index is 4.82. The second kappa shape index (κ2) is 6.02. The zero-order chi connectivity index (χ0) is 11.2. The molecule has 1 N–H and O–H groups in total. The van der Waals surface area contributed by atoms with Crippen molar-refractivity contribution in [2.24, 2.45) is 0 Å². The van der Waals surface area contributed by atoms with Gasteiger partial charge in [0, 0.05) is 12.6 Å². The van der Waals surface area contributed by atoms with Crippen molar-refractivity contribution >= 4 is 17.7 Å². The van der Waals surface area contributed by atoms with Gasteiger partial charge in [0.1, 0.15) is 0 Å². The molecule has 0 aliphatic heterocycles. The Morgan fingerprint density at radius 1 is 1.57 bits per heavy atom. The molecule has 0 saturated heterocycles. The Labute approximate surface area is 93.4 Å². The van der Waals surface area contributed by atoms with Gasteiger partial charge in [-0.15, -0.1) is 0 Å². The fourth-order valence-corrected chi connectivity index (χ4v) is 1.94. The van der Waals surface area contributed by atoms with Crippen molar-refractivity contribution in [1.82, 2.24) is 10.2 Å². The SMILES string of the molecule is C=CN(CC)C(C)(CC)[C@H](C)NC=S. The highest BCUT2D eigenvalue weighted by molar-refractivity contribution is 7.78. The number of rotatable bonds is 7. The molecule has 0 rings (SSSR count). The van der Waals surface area contributed by atoms with E-state index in [9.17, 15) is 0 Å². The first-order valence-electron chi connectivity index (χ1n) is 5.15. The summed E-state index contributed by atoms with van der Waals surface area (Å²) >= 11 is 4.82. The Morgan fingerprint density at radius 3 is 2.43 bits per heavy atom. The molecule has 0 fully saturated rings. The van der Waals surface area contributed by atoms with Crippen molar-refractivity contribution < 1.29 is 0 Å². The minimum atomic E-state index is 0.0752. The summed E-state index contributed by atoms with van der Waals surface area (Å²) < 4.78 is 0. The average molecular weight is 214 g/mol. The second-order valence-electron chi connectivity index (χ2n) is 3.69. The summed E-state index contributed by atoms with van der Waals surface area (Å²) in [5.41, 5.74) is 1.67. The minimum Gasteiger partial charge on any atom is -0.377 e. The Morgan fingerprint density at radius 2 is 2.14 bits per heavy atom. The minimum absolute atomic E-state index is 0.0752. The van der Waals surface area contributed by atoms with Crippen LogP contribution in [0.4, 0.5) is 0 Å². The van der Waals surface area contributed by atoms with Gasteiger partial charge < -0.3 is 10.2 Å². The standard InChI is InChI=1S/C11H22N2S/c1-6-11(5,10(4)12-9-14)13(7-2)8-3/h7,9-10H,2,6,8H2,1,3-5H3,(H,12,14)/t10-,11?/m0/s1. The van der Waals surface area contributed by atoms with Crippen molar-refractivity contribution in [3.8, 4) is 0 Å². The Bertz CT molecular complexity index is 194. The maximum Gasteiger partial charge on any atom is 0.0617 e. The van der Waals surface area contributed by atoms with Gasteiger partial charge in [0.05, 0.1) is 11.0 Å². The lowest BCUT2D eigenvalue weighted by Gasteiger charge is -2.44. The summed E-state index contributed by atoms with van der Waals surface area (Å²) in [6, 6.07) is 0.322. The molecule has 1 unspecified atom stereocenters. The molecular formula is C11H22N2S. The van der Waals surface area contributed by atoms with Crippen molar-refractivity contribution in [1.29, 1.82) is 0 Å². The maximum absolute atomic E-state index is 4.82. The van der Waals surface area contributed by atoms with Crippen LogP contribution in [0.5, 0.6) is 0 Å². The molecule has 0 aromatic carbocycles. The molecule has 0 heterocycles. The van der Waals surface area contributed by atoms with Gasteiger partial charge in [0.2, 0.25) is 0 Å². The third-order valence-corrected chi connectivity index (χ3v) is 3.32. The van der Waals surface area contributed by atoms with Crippen LogP contribution in [-0.2, 0) is 0 Å². The first-order valence-corrected chi connectivity index (χ1v) is 5.62. The quantitative estimate of drug-likeness (QED) is 0.656. The van der Waals surface area contributed by atoms with Crippen LogP contribution in [0.25, 0.3) is 0 Å². The molecule has 0 spiro atoms. The van der Waals surface area contributed by atoms with Crippen molar-refractivity contribution in [3.63, 3.8) is 0 Å². The van der Waals surface area contributed by atoms with E-state index in [1.807, 2.05) is 6.20 Å². The smallest absolute Gasteiger partial charge is 0.0617 e. The highest BCUT2D eigenvalue weighted by Gasteiger charge is 2.32. The lowest BCUT2D eigenvalue weighted by atomic mass is 9.88. The van der Waals surface area contributed by atoms with Crippen LogP contribution in [0.15, 0.2) is 12.8 Å². The van der Waals surface area contributed by atoms with E-state index in [1.54, 1.807) is 5.49 Å². The molecule has 0 bridgehead atoms. The number of thiocarbonyl (C=S) groups is 1. The van der Waals surface area contributed by atoms with E-state index in [2.05, 4.69) is 44.5 Å². The van der Waals surface area contributed by atoms with Crippen LogP contribution in [0, 0.1) is 0 Å². The molecule has 14 heavy (non-hydrogen) atoms. The van der Waals surface area contributed by atoms with Gasteiger partial charge >= 0.3 is 0 Å². The first kappa shape index (κ1) is 13.4. The normalized spacial score (nSPS) is 16.6. The van der Waals surface area contributed by atoms with Crippen LogP contribution >= 0.6 is 12.2 Å². The van der Waals surface area contributed by atoms with Gasteiger partial charge in [-0.2, -0.15) is 0 Å². The summed E-state index contributed by atoms with van der Waals surface area (Å²) in [4.78, 5) is 2.25. The first-order chi connectivity index (χ1) is 6.56. The summed E-state index contributed by atoms with van der Waals surface area (Å²) in [7, 11) is 0. The Balaban J connectivity index is 4.73. The number of nitrogens with one attached hydrogen (secondary N) is 1. The molecule has 0 amide bonds. The van der Waals surface area contributed by atoms with Crippen LogP contribution < -0.4 is 5.32 Å². The molecule has 0 radical (unpaired) electrons. The Hall–Kier alpha value is -0.570. The second-order valence-corrected chi connectivity index (χ2v) is 3.92. The van der Waals surface area contributed by atoms with Crippen molar-refractivity contribution in [3.05, 3.63) is 12.8 Å². The zero-order valence-electron chi connectivity index (χ0n) is 9.71. The van der Waals surface area contributed by atoms with Crippen LogP contribution in [0.2, 0.25) is 0 Å². The number of likely N-dealkylation sites (N-methyl/N-ethyl adjacent to an activating group) is 1. The summed E-state index contributed by atoms with van der Waals surface area (Å²) in [6.45, 7) is 13.5. The van der Waals surface area contributed by atoms with E-state index in [0.29, 0.717) is 6.04 Å². The van der Waals surface area contributed by atoms with Gasteiger partial charge in [-0.3, -0.25) is 0 Å². The van der Waals surface area contributed by atoms with Crippen LogP contribution in [-0.4, -0.2) is 28.5 Å². The lowest BCUT2D eigenvalue weighted by Crippen LogP contribution is -2.55. The molecule has 0 saturated carbocycles. The summed E-state index contributed by atoms with van der Waals surface area (Å²) in [6.07, 6.45) is 2.97.